The number of anilines is 1. The van der Waals surface area contributed by atoms with Crippen LogP contribution >= 0.6 is 0 Å². The highest BCUT2D eigenvalue weighted by molar-refractivity contribution is 6.03. The van der Waals surface area contributed by atoms with Crippen LogP contribution in [0.1, 0.15) is 15.9 Å². The van der Waals surface area contributed by atoms with Gasteiger partial charge in [-0.1, -0.05) is 18.2 Å². The third-order valence-corrected chi connectivity index (χ3v) is 3.21. The lowest BCUT2D eigenvalue weighted by atomic mass is 10.2. The first kappa shape index (κ1) is 15.6. The average Bonchev–Trinajstić information content (AvgIpc) is 2.62. The van der Waals surface area contributed by atoms with E-state index in [4.69, 9.17) is 4.74 Å². The number of nitrogens with one attached hydrogen (secondary N) is 1. The molecule has 2 aromatic heterocycles. The second-order valence-corrected chi connectivity index (χ2v) is 4.97. The van der Waals surface area contributed by atoms with Crippen molar-refractivity contribution in [2.24, 2.45) is 0 Å². The van der Waals surface area contributed by atoms with Gasteiger partial charge in [0, 0.05) is 18.5 Å². The van der Waals surface area contributed by atoms with Crippen molar-refractivity contribution in [1.82, 2.24) is 9.97 Å². The predicted octanol–water partition coefficient (Wildman–Crippen LogP) is 3.45. The lowest BCUT2D eigenvalue weighted by Crippen LogP contribution is -2.13. The normalized spacial score (nSPS) is 10.2. The van der Waals surface area contributed by atoms with E-state index in [-0.39, 0.29) is 18.3 Å². The van der Waals surface area contributed by atoms with Gasteiger partial charge in [-0.2, -0.15) is 0 Å². The van der Waals surface area contributed by atoms with Crippen molar-refractivity contribution in [2.75, 3.05) is 5.32 Å². The molecule has 3 aromatic rings. The monoisotopic (exact) mass is 323 g/mol. The van der Waals surface area contributed by atoms with E-state index in [9.17, 15) is 9.18 Å². The van der Waals surface area contributed by atoms with Gasteiger partial charge in [0.1, 0.15) is 18.2 Å². The van der Waals surface area contributed by atoms with Gasteiger partial charge < -0.3 is 10.1 Å². The molecule has 0 fully saturated rings. The van der Waals surface area contributed by atoms with Gasteiger partial charge in [0.05, 0.1) is 5.56 Å². The smallest absolute Gasteiger partial charge is 0.258 e. The summed E-state index contributed by atoms with van der Waals surface area (Å²) in [5.41, 5.74) is 1.23. The van der Waals surface area contributed by atoms with Crippen LogP contribution in [0, 0.1) is 5.82 Å². The van der Waals surface area contributed by atoms with Gasteiger partial charge in [0.25, 0.3) is 5.91 Å². The Morgan fingerprint density at radius 3 is 2.54 bits per heavy atom. The molecule has 5 nitrogen and oxygen atoms in total. The highest BCUT2D eigenvalue weighted by Crippen LogP contribution is 2.12. The van der Waals surface area contributed by atoms with Crippen LogP contribution in [0.25, 0.3) is 0 Å². The Morgan fingerprint density at radius 2 is 1.88 bits per heavy atom. The molecule has 0 spiro atoms. The maximum absolute atomic E-state index is 12.8. The van der Waals surface area contributed by atoms with Crippen LogP contribution in [-0.4, -0.2) is 15.9 Å². The van der Waals surface area contributed by atoms with E-state index < -0.39 is 0 Å². The maximum atomic E-state index is 12.8. The van der Waals surface area contributed by atoms with Crippen LogP contribution in [0.5, 0.6) is 5.88 Å². The SMILES string of the molecule is O=C(Nc1ccccn1)c1ccc(OCc2ccc(F)cc2)nc1. The molecule has 0 unspecified atom stereocenters. The summed E-state index contributed by atoms with van der Waals surface area (Å²) >= 11 is 0. The van der Waals surface area contributed by atoms with Crippen molar-refractivity contribution in [3.8, 4) is 5.88 Å². The van der Waals surface area contributed by atoms with Crippen LogP contribution < -0.4 is 10.1 Å². The molecule has 0 saturated heterocycles. The van der Waals surface area contributed by atoms with E-state index in [1.54, 1.807) is 48.7 Å². The van der Waals surface area contributed by atoms with E-state index in [1.165, 1.54) is 18.3 Å². The largest absolute Gasteiger partial charge is 0.473 e. The Bertz CT molecular complexity index is 806. The number of hydrogen-bond donors (Lipinski definition) is 1. The minimum absolute atomic E-state index is 0.271. The average molecular weight is 323 g/mol. The zero-order valence-corrected chi connectivity index (χ0v) is 12.6. The van der Waals surface area contributed by atoms with Gasteiger partial charge in [-0.25, -0.2) is 14.4 Å². The molecule has 3 rings (SSSR count). The summed E-state index contributed by atoms with van der Waals surface area (Å²) in [6.07, 6.45) is 3.03. The lowest BCUT2D eigenvalue weighted by molar-refractivity contribution is 0.102. The maximum Gasteiger partial charge on any atom is 0.258 e. The number of amides is 1. The molecule has 120 valence electrons. The van der Waals surface area contributed by atoms with Gasteiger partial charge in [-0.15, -0.1) is 0 Å². The van der Waals surface area contributed by atoms with Gasteiger partial charge in [0.15, 0.2) is 0 Å². The Morgan fingerprint density at radius 1 is 1.04 bits per heavy atom. The highest BCUT2D eigenvalue weighted by atomic mass is 19.1. The van der Waals surface area contributed by atoms with Crippen molar-refractivity contribution in [3.05, 3.63) is 83.9 Å². The molecule has 6 heteroatoms. The number of ether oxygens (including phenoxy) is 1. The van der Waals surface area contributed by atoms with Crippen molar-refractivity contribution >= 4 is 11.7 Å². The van der Waals surface area contributed by atoms with Crippen LogP contribution in [0.2, 0.25) is 0 Å². The molecule has 0 aliphatic rings. The zero-order chi connectivity index (χ0) is 16.8. The first-order chi connectivity index (χ1) is 11.7. The molecule has 24 heavy (non-hydrogen) atoms. The predicted molar refractivity (Wildman–Crippen MR) is 87.2 cm³/mol. The minimum Gasteiger partial charge on any atom is -0.473 e. The fourth-order valence-corrected chi connectivity index (χ4v) is 1.96. The van der Waals surface area contributed by atoms with Crippen LogP contribution in [0.4, 0.5) is 10.2 Å². The molecule has 0 atom stereocenters. The molecule has 1 amide bonds. The summed E-state index contributed by atoms with van der Waals surface area (Å²) < 4.78 is 18.3. The summed E-state index contributed by atoms with van der Waals surface area (Å²) in [6.45, 7) is 0.271. The topological polar surface area (TPSA) is 64.1 Å². The molecule has 1 N–H and O–H groups in total. The summed E-state index contributed by atoms with van der Waals surface area (Å²) in [5.74, 6) is 0.263. The first-order valence-electron chi connectivity index (χ1n) is 7.26. The number of halogens is 1. The Kier molecular flexibility index (Phi) is 4.76. The molecule has 1 aromatic carbocycles. The molecular formula is C18H14FN3O2. The second kappa shape index (κ2) is 7.32. The van der Waals surface area contributed by atoms with E-state index >= 15 is 0 Å². The van der Waals surface area contributed by atoms with Crippen molar-refractivity contribution in [1.29, 1.82) is 0 Å². The number of aromatic nitrogens is 2. The Balaban J connectivity index is 1.58. The van der Waals surface area contributed by atoms with Crippen molar-refractivity contribution < 1.29 is 13.9 Å². The van der Waals surface area contributed by atoms with E-state index in [2.05, 4.69) is 15.3 Å². The number of nitrogens with zero attached hydrogens (tertiary/aromatic N) is 2. The summed E-state index contributed by atoms with van der Waals surface area (Å²) in [7, 11) is 0. The van der Waals surface area contributed by atoms with Crippen LogP contribution in [0.3, 0.4) is 0 Å². The molecule has 0 aliphatic carbocycles. The van der Waals surface area contributed by atoms with Gasteiger partial charge in [0.2, 0.25) is 5.88 Å². The molecular weight excluding hydrogens is 309 g/mol. The standard InChI is InChI=1S/C18H14FN3O2/c19-15-7-4-13(5-8-15)12-24-17-9-6-14(11-21-17)18(23)22-16-3-1-2-10-20-16/h1-11H,12H2,(H,20,22,23). The van der Waals surface area contributed by atoms with E-state index in [1.807, 2.05) is 0 Å². The summed E-state index contributed by atoms with van der Waals surface area (Å²) in [5, 5.41) is 2.67. The number of pyridine rings is 2. The number of carbonyl (C=O) groups excluding carboxylic acids is 1. The Labute approximate surface area is 138 Å². The summed E-state index contributed by atoms with van der Waals surface area (Å²) in [6, 6.07) is 14.5. The van der Waals surface area contributed by atoms with Gasteiger partial charge in [-0.05, 0) is 35.9 Å². The highest BCUT2D eigenvalue weighted by Gasteiger charge is 2.07. The fraction of sp³-hybridized carbons (Fsp3) is 0.0556. The van der Waals surface area contributed by atoms with E-state index in [0.29, 0.717) is 17.3 Å². The third-order valence-electron chi connectivity index (χ3n) is 3.21. The number of carbonyl (C=O) groups is 1. The van der Waals surface area contributed by atoms with Gasteiger partial charge >= 0.3 is 0 Å². The lowest BCUT2D eigenvalue weighted by Gasteiger charge is -2.07. The van der Waals surface area contributed by atoms with Gasteiger partial charge in [-0.3, -0.25) is 4.79 Å². The molecule has 0 saturated carbocycles. The zero-order valence-electron chi connectivity index (χ0n) is 12.6. The fourth-order valence-electron chi connectivity index (χ4n) is 1.96. The number of benzene rings is 1. The van der Waals surface area contributed by atoms with Crippen molar-refractivity contribution in [2.45, 2.75) is 6.61 Å². The van der Waals surface area contributed by atoms with Crippen LogP contribution in [0.15, 0.2) is 67.0 Å². The molecule has 0 aliphatic heterocycles. The van der Waals surface area contributed by atoms with Crippen molar-refractivity contribution in [3.63, 3.8) is 0 Å². The molecule has 2 heterocycles. The first-order valence-corrected chi connectivity index (χ1v) is 7.26. The molecule has 0 bridgehead atoms. The van der Waals surface area contributed by atoms with E-state index in [0.717, 1.165) is 5.56 Å². The minimum atomic E-state index is -0.300. The third kappa shape index (κ3) is 4.13. The Hall–Kier alpha value is -3.28. The quantitative estimate of drug-likeness (QED) is 0.781. The molecule has 0 radical (unpaired) electrons. The number of hydrogen-bond acceptors (Lipinski definition) is 4. The van der Waals surface area contributed by atoms with Crippen LogP contribution in [-0.2, 0) is 6.61 Å². The second-order valence-electron chi connectivity index (χ2n) is 4.97. The summed E-state index contributed by atoms with van der Waals surface area (Å²) in [4.78, 5) is 20.2. The number of rotatable bonds is 5.